The molecule has 2 rings (SSSR count). The van der Waals surface area contributed by atoms with Gasteiger partial charge in [0.15, 0.2) is 0 Å². The first-order valence-corrected chi connectivity index (χ1v) is 7.78. The Hall–Kier alpha value is 0.360. The lowest BCUT2D eigenvalue weighted by Crippen LogP contribution is -2.44. The van der Waals surface area contributed by atoms with Crippen molar-refractivity contribution in [3.8, 4) is 0 Å². The van der Waals surface area contributed by atoms with Crippen LogP contribution in [0.15, 0.2) is 0 Å². The monoisotopic (exact) mass is 305 g/mol. The Morgan fingerprint density at radius 1 is 1.35 bits per heavy atom. The summed E-state index contributed by atoms with van der Waals surface area (Å²) in [5.41, 5.74) is 0.425. The fourth-order valence-electron chi connectivity index (χ4n) is 2.61. The zero-order chi connectivity index (χ0) is 12.1. The van der Waals surface area contributed by atoms with Crippen molar-refractivity contribution >= 4 is 15.9 Å². The van der Waals surface area contributed by atoms with Crippen molar-refractivity contribution in [3.63, 3.8) is 0 Å². The van der Waals surface area contributed by atoms with Crippen molar-refractivity contribution in [2.75, 3.05) is 45.4 Å². The summed E-state index contributed by atoms with van der Waals surface area (Å²) in [5.74, 6) is 0. The minimum absolute atomic E-state index is 0.425. The molecule has 0 unspecified atom stereocenters. The van der Waals surface area contributed by atoms with Crippen LogP contribution < -0.4 is 0 Å². The van der Waals surface area contributed by atoms with Gasteiger partial charge in [-0.1, -0.05) is 15.9 Å². The Morgan fingerprint density at radius 3 is 2.59 bits per heavy atom. The molecule has 0 aromatic heterocycles. The number of methoxy groups -OCH3 is 1. The third kappa shape index (κ3) is 3.91. The van der Waals surface area contributed by atoms with E-state index in [2.05, 4.69) is 20.8 Å². The highest BCUT2D eigenvalue weighted by atomic mass is 79.9. The smallest absolute Gasteiger partial charge is 0.0589 e. The number of hydrogen-bond acceptors (Lipinski definition) is 3. The van der Waals surface area contributed by atoms with Crippen LogP contribution in [0.2, 0.25) is 0 Å². The zero-order valence-corrected chi connectivity index (χ0v) is 12.4. The molecule has 1 heterocycles. The van der Waals surface area contributed by atoms with Gasteiger partial charge in [0.05, 0.1) is 6.61 Å². The fraction of sp³-hybridized carbons (Fsp3) is 1.00. The molecular weight excluding hydrogens is 282 g/mol. The summed E-state index contributed by atoms with van der Waals surface area (Å²) < 4.78 is 10.7. The van der Waals surface area contributed by atoms with Crippen LogP contribution in [-0.4, -0.2) is 56.3 Å². The number of rotatable bonds is 7. The quantitative estimate of drug-likeness (QED) is 0.674. The van der Waals surface area contributed by atoms with Crippen LogP contribution >= 0.6 is 15.9 Å². The van der Waals surface area contributed by atoms with E-state index in [-0.39, 0.29) is 0 Å². The maximum absolute atomic E-state index is 5.50. The second-order valence-electron chi connectivity index (χ2n) is 5.44. The molecule has 1 saturated heterocycles. The Bertz CT molecular complexity index is 227. The molecule has 0 radical (unpaired) electrons. The van der Waals surface area contributed by atoms with E-state index in [0.29, 0.717) is 5.41 Å². The molecule has 0 atom stereocenters. The molecule has 2 aliphatic rings. The Labute approximate surface area is 113 Å². The largest absolute Gasteiger partial charge is 0.383 e. The van der Waals surface area contributed by atoms with Gasteiger partial charge in [0.25, 0.3) is 0 Å². The van der Waals surface area contributed by atoms with Crippen molar-refractivity contribution < 1.29 is 9.47 Å². The summed E-state index contributed by atoms with van der Waals surface area (Å²) in [4.78, 5) is 2.64. The number of hydrogen-bond donors (Lipinski definition) is 0. The van der Waals surface area contributed by atoms with E-state index in [1.165, 1.54) is 32.2 Å². The molecule has 1 aliphatic carbocycles. The minimum Gasteiger partial charge on any atom is -0.383 e. The second kappa shape index (κ2) is 6.50. The molecule has 0 spiro atoms. The van der Waals surface area contributed by atoms with E-state index < -0.39 is 0 Å². The summed E-state index contributed by atoms with van der Waals surface area (Å²) in [6, 6.07) is 0.823. The summed E-state index contributed by atoms with van der Waals surface area (Å²) in [6.45, 7) is 4.99. The highest BCUT2D eigenvalue weighted by molar-refractivity contribution is 9.09. The van der Waals surface area contributed by atoms with E-state index in [4.69, 9.17) is 9.47 Å². The number of ether oxygens (including phenoxy) is 2. The minimum atomic E-state index is 0.425. The average molecular weight is 306 g/mol. The van der Waals surface area contributed by atoms with Gasteiger partial charge in [0.1, 0.15) is 0 Å². The maximum Gasteiger partial charge on any atom is 0.0589 e. The molecule has 1 aliphatic heterocycles. The highest BCUT2D eigenvalue weighted by Gasteiger charge is 2.38. The van der Waals surface area contributed by atoms with Crippen molar-refractivity contribution in [2.24, 2.45) is 5.41 Å². The van der Waals surface area contributed by atoms with Crippen LogP contribution in [0.25, 0.3) is 0 Å². The summed E-state index contributed by atoms with van der Waals surface area (Å²) in [6.07, 6.45) is 5.13. The molecule has 3 nitrogen and oxygen atoms in total. The third-order valence-corrected chi connectivity index (χ3v) is 5.21. The van der Waals surface area contributed by atoms with E-state index in [1.807, 2.05) is 0 Å². The SMILES string of the molecule is COCCN(CC1(CBr)CCOCC1)C1CC1. The van der Waals surface area contributed by atoms with Crippen LogP contribution in [-0.2, 0) is 9.47 Å². The molecule has 0 bridgehead atoms. The molecule has 0 aromatic carbocycles. The van der Waals surface area contributed by atoms with E-state index >= 15 is 0 Å². The van der Waals surface area contributed by atoms with Crippen molar-refractivity contribution in [1.82, 2.24) is 4.90 Å². The van der Waals surface area contributed by atoms with E-state index in [1.54, 1.807) is 7.11 Å². The number of alkyl halides is 1. The Morgan fingerprint density at radius 2 is 2.06 bits per heavy atom. The second-order valence-corrected chi connectivity index (χ2v) is 6.00. The molecule has 0 aromatic rings. The molecule has 4 heteroatoms. The fourth-order valence-corrected chi connectivity index (χ4v) is 3.35. The first-order chi connectivity index (χ1) is 8.29. The van der Waals surface area contributed by atoms with Crippen LogP contribution in [0.3, 0.4) is 0 Å². The molecule has 100 valence electrons. The Balaban J connectivity index is 1.89. The van der Waals surface area contributed by atoms with Crippen LogP contribution in [0.1, 0.15) is 25.7 Å². The molecule has 0 N–H and O–H groups in total. The molecular formula is C13H24BrNO2. The topological polar surface area (TPSA) is 21.7 Å². The van der Waals surface area contributed by atoms with Gasteiger partial charge in [0, 0.05) is 44.8 Å². The van der Waals surface area contributed by atoms with Gasteiger partial charge in [0.2, 0.25) is 0 Å². The number of nitrogens with zero attached hydrogens (tertiary/aromatic N) is 1. The zero-order valence-electron chi connectivity index (χ0n) is 10.8. The van der Waals surface area contributed by atoms with Gasteiger partial charge in [-0.3, -0.25) is 4.90 Å². The first-order valence-electron chi connectivity index (χ1n) is 6.66. The number of halogens is 1. The molecule has 0 amide bonds. The Kier molecular flexibility index (Phi) is 5.27. The van der Waals surface area contributed by atoms with Gasteiger partial charge >= 0.3 is 0 Å². The summed E-state index contributed by atoms with van der Waals surface area (Å²) in [5, 5.41) is 1.10. The average Bonchev–Trinajstić information content (AvgIpc) is 3.20. The van der Waals surface area contributed by atoms with Gasteiger partial charge in [-0.15, -0.1) is 0 Å². The van der Waals surface area contributed by atoms with Gasteiger partial charge in [-0.2, -0.15) is 0 Å². The van der Waals surface area contributed by atoms with Gasteiger partial charge in [-0.25, -0.2) is 0 Å². The normalized spacial score (nSPS) is 24.2. The molecule has 17 heavy (non-hydrogen) atoms. The standard InChI is InChI=1S/C13H24BrNO2/c1-16-9-6-15(12-2-3-12)11-13(10-14)4-7-17-8-5-13/h12H,2-11H2,1H3. The molecule has 1 saturated carbocycles. The third-order valence-electron chi connectivity index (χ3n) is 4.02. The predicted molar refractivity (Wildman–Crippen MR) is 72.8 cm³/mol. The summed E-state index contributed by atoms with van der Waals surface area (Å²) in [7, 11) is 1.79. The maximum atomic E-state index is 5.50. The van der Waals surface area contributed by atoms with Gasteiger partial charge in [-0.05, 0) is 31.1 Å². The van der Waals surface area contributed by atoms with Crippen LogP contribution in [0.4, 0.5) is 0 Å². The van der Waals surface area contributed by atoms with Gasteiger partial charge < -0.3 is 9.47 Å². The lowest BCUT2D eigenvalue weighted by Gasteiger charge is -2.40. The van der Waals surface area contributed by atoms with Crippen molar-refractivity contribution in [1.29, 1.82) is 0 Å². The lowest BCUT2D eigenvalue weighted by molar-refractivity contribution is 0.00291. The van der Waals surface area contributed by atoms with E-state index in [9.17, 15) is 0 Å². The lowest BCUT2D eigenvalue weighted by atomic mass is 9.81. The predicted octanol–water partition coefficient (Wildman–Crippen LogP) is 2.29. The molecule has 2 fully saturated rings. The van der Waals surface area contributed by atoms with E-state index in [0.717, 1.165) is 37.7 Å². The van der Waals surface area contributed by atoms with Crippen molar-refractivity contribution in [2.45, 2.75) is 31.7 Å². The van der Waals surface area contributed by atoms with Crippen LogP contribution in [0, 0.1) is 5.41 Å². The van der Waals surface area contributed by atoms with Crippen molar-refractivity contribution in [3.05, 3.63) is 0 Å². The highest BCUT2D eigenvalue weighted by Crippen LogP contribution is 2.37. The van der Waals surface area contributed by atoms with Crippen LogP contribution in [0.5, 0.6) is 0 Å². The first kappa shape index (κ1) is 13.8. The summed E-state index contributed by atoms with van der Waals surface area (Å²) >= 11 is 3.72.